The van der Waals surface area contributed by atoms with Crippen LogP contribution in [0.15, 0.2) is 30.6 Å². The third-order valence-corrected chi connectivity index (χ3v) is 5.37. The van der Waals surface area contributed by atoms with E-state index in [2.05, 4.69) is 15.3 Å². The minimum absolute atomic E-state index is 0.121. The van der Waals surface area contributed by atoms with Gasteiger partial charge in [-0.05, 0) is 25.0 Å². The number of amides is 1. The maximum atomic E-state index is 14.3. The molecule has 0 bridgehead atoms. The van der Waals surface area contributed by atoms with Crippen LogP contribution in [0.2, 0.25) is 0 Å². The highest BCUT2D eigenvalue weighted by Gasteiger charge is 2.33. The molecule has 0 spiro atoms. The van der Waals surface area contributed by atoms with Crippen molar-refractivity contribution in [3.05, 3.63) is 46.5 Å². The van der Waals surface area contributed by atoms with Gasteiger partial charge < -0.3 is 19.9 Å². The van der Waals surface area contributed by atoms with Gasteiger partial charge in [0.25, 0.3) is 5.69 Å². The van der Waals surface area contributed by atoms with Crippen LogP contribution in [0.4, 0.5) is 20.6 Å². The van der Waals surface area contributed by atoms with Crippen molar-refractivity contribution in [3.8, 4) is 11.4 Å². The number of carboxylic acid groups (broad SMARTS) is 1. The summed E-state index contributed by atoms with van der Waals surface area (Å²) in [5.41, 5.74) is 1.43. The molecule has 0 aliphatic carbocycles. The number of nitrogens with zero attached hydrogens (tertiary/aromatic N) is 5. The Morgan fingerprint density at radius 3 is 2.93 bits per heavy atom. The topological polar surface area (TPSA) is 126 Å². The van der Waals surface area contributed by atoms with Crippen molar-refractivity contribution >= 4 is 28.5 Å². The number of anilines is 1. The van der Waals surface area contributed by atoms with Gasteiger partial charge in [0.2, 0.25) is 0 Å². The van der Waals surface area contributed by atoms with Crippen molar-refractivity contribution in [1.82, 2.24) is 19.9 Å². The number of benzene rings is 1. The van der Waals surface area contributed by atoms with Crippen LogP contribution >= 0.6 is 0 Å². The molecule has 0 unspecified atom stereocenters. The van der Waals surface area contributed by atoms with Crippen molar-refractivity contribution in [2.24, 2.45) is 7.05 Å². The Morgan fingerprint density at radius 2 is 2.23 bits per heavy atom. The predicted octanol–water partition coefficient (Wildman–Crippen LogP) is 2.92. The van der Waals surface area contributed by atoms with Crippen LogP contribution in [0.3, 0.4) is 0 Å². The number of aromatic nitrogens is 3. The molecule has 1 aromatic carbocycles. The summed E-state index contributed by atoms with van der Waals surface area (Å²) in [5.74, 6) is -0.220. The van der Waals surface area contributed by atoms with E-state index < -0.39 is 16.8 Å². The van der Waals surface area contributed by atoms with Crippen molar-refractivity contribution in [2.45, 2.75) is 18.9 Å². The zero-order chi connectivity index (χ0) is 21.4. The third-order valence-electron chi connectivity index (χ3n) is 5.37. The first-order chi connectivity index (χ1) is 14.4. The monoisotopic (exact) mass is 414 g/mol. The summed E-state index contributed by atoms with van der Waals surface area (Å²) >= 11 is 0. The smallest absolute Gasteiger partial charge is 0.404 e. The minimum atomic E-state index is -1.15. The quantitative estimate of drug-likeness (QED) is 0.485. The van der Waals surface area contributed by atoms with E-state index in [9.17, 15) is 19.3 Å². The van der Waals surface area contributed by atoms with Crippen LogP contribution in [-0.2, 0) is 7.05 Å². The zero-order valence-electron chi connectivity index (χ0n) is 16.1. The molecule has 1 aliphatic heterocycles. The molecule has 1 aliphatic rings. The Kier molecular flexibility index (Phi) is 4.94. The number of imidazole rings is 1. The maximum Gasteiger partial charge on any atom is 0.404 e. The molecule has 1 amide bonds. The fourth-order valence-corrected chi connectivity index (χ4v) is 4.01. The van der Waals surface area contributed by atoms with E-state index in [1.165, 1.54) is 18.3 Å². The first-order valence-corrected chi connectivity index (χ1v) is 9.35. The van der Waals surface area contributed by atoms with E-state index in [1.54, 1.807) is 17.7 Å². The molecule has 156 valence electrons. The summed E-state index contributed by atoms with van der Waals surface area (Å²) in [4.78, 5) is 32.4. The van der Waals surface area contributed by atoms with Gasteiger partial charge in [-0.3, -0.25) is 15.1 Å². The third kappa shape index (κ3) is 3.27. The predicted molar refractivity (Wildman–Crippen MR) is 107 cm³/mol. The molecule has 4 rings (SSSR count). The summed E-state index contributed by atoms with van der Waals surface area (Å²) in [6, 6.07) is 4.26. The van der Waals surface area contributed by atoms with Crippen LogP contribution in [-0.4, -0.2) is 49.8 Å². The number of nitrogens with one attached hydrogen (secondary N) is 1. The Morgan fingerprint density at radius 1 is 1.43 bits per heavy atom. The molecule has 2 aromatic heterocycles. The van der Waals surface area contributed by atoms with Gasteiger partial charge >= 0.3 is 6.09 Å². The Labute approximate surface area is 170 Å². The normalized spacial score (nSPS) is 16.2. The van der Waals surface area contributed by atoms with Gasteiger partial charge in [-0.15, -0.1) is 0 Å². The molecule has 1 fully saturated rings. The first kappa shape index (κ1) is 19.6. The summed E-state index contributed by atoms with van der Waals surface area (Å²) in [6.07, 6.45) is 2.84. The van der Waals surface area contributed by atoms with Gasteiger partial charge in [-0.25, -0.2) is 14.2 Å². The van der Waals surface area contributed by atoms with Crippen LogP contribution in [0.1, 0.15) is 12.8 Å². The lowest BCUT2D eigenvalue weighted by molar-refractivity contribution is -0.384. The lowest BCUT2D eigenvalue weighted by Crippen LogP contribution is -2.40. The molecule has 3 heterocycles. The molecular weight excluding hydrogens is 395 g/mol. The van der Waals surface area contributed by atoms with E-state index in [1.807, 2.05) is 4.90 Å². The van der Waals surface area contributed by atoms with E-state index in [-0.39, 0.29) is 23.8 Å². The molecule has 3 aromatic rings. The summed E-state index contributed by atoms with van der Waals surface area (Å²) in [6.45, 7) is 0.670. The SMILES string of the molecule is Cn1c(-c2ccncc2F)nc2c(N3CCC[C@H]3CNC(=O)O)c([N+](=O)[O-])ccc21. The van der Waals surface area contributed by atoms with Crippen LogP contribution in [0.5, 0.6) is 0 Å². The number of carbonyl (C=O) groups is 1. The number of fused-ring (bicyclic) bond motifs is 1. The van der Waals surface area contributed by atoms with Crippen LogP contribution in [0, 0.1) is 15.9 Å². The fourth-order valence-electron chi connectivity index (χ4n) is 4.01. The van der Waals surface area contributed by atoms with Crippen molar-refractivity contribution in [1.29, 1.82) is 0 Å². The second kappa shape index (κ2) is 7.58. The average molecular weight is 414 g/mol. The Balaban J connectivity index is 1.90. The molecule has 11 heteroatoms. The minimum Gasteiger partial charge on any atom is -0.465 e. The molecule has 1 atom stereocenters. The number of aryl methyl sites for hydroxylation is 1. The molecule has 0 radical (unpaired) electrons. The van der Waals surface area contributed by atoms with Gasteiger partial charge in [0, 0.05) is 38.4 Å². The van der Waals surface area contributed by atoms with Gasteiger partial charge in [0.1, 0.15) is 17.0 Å². The first-order valence-electron chi connectivity index (χ1n) is 9.35. The summed E-state index contributed by atoms with van der Waals surface area (Å²) in [5, 5.41) is 23.1. The molecule has 2 N–H and O–H groups in total. The highest BCUT2D eigenvalue weighted by molar-refractivity contribution is 5.97. The number of pyridine rings is 1. The van der Waals surface area contributed by atoms with Crippen LogP contribution < -0.4 is 10.2 Å². The average Bonchev–Trinajstić information content (AvgIpc) is 3.30. The second-order valence-corrected chi connectivity index (χ2v) is 7.08. The molecule has 30 heavy (non-hydrogen) atoms. The number of nitro benzene ring substituents is 1. The van der Waals surface area contributed by atoms with Crippen molar-refractivity contribution in [2.75, 3.05) is 18.0 Å². The number of rotatable bonds is 5. The van der Waals surface area contributed by atoms with Gasteiger partial charge in [-0.2, -0.15) is 0 Å². The Bertz CT molecular complexity index is 1150. The molecular formula is C19H19FN6O4. The maximum absolute atomic E-state index is 14.3. The molecule has 10 nitrogen and oxygen atoms in total. The summed E-state index contributed by atoms with van der Waals surface area (Å²) in [7, 11) is 1.72. The number of hydrogen-bond acceptors (Lipinski definition) is 6. The second-order valence-electron chi connectivity index (χ2n) is 7.08. The largest absolute Gasteiger partial charge is 0.465 e. The van der Waals surface area contributed by atoms with E-state index >= 15 is 0 Å². The number of nitro groups is 1. The summed E-state index contributed by atoms with van der Waals surface area (Å²) < 4.78 is 16.0. The van der Waals surface area contributed by atoms with E-state index in [4.69, 9.17) is 5.11 Å². The van der Waals surface area contributed by atoms with E-state index in [0.29, 0.717) is 35.5 Å². The zero-order valence-corrected chi connectivity index (χ0v) is 16.1. The van der Waals surface area contributed by atoms with Gasteiger partial charge in [0.15, 0.2) is 5.82 Å². The van der Waals surface area contributed by atoms with Crippen molar-refractivity contribution in [3.63, 3.8) is 0 Å². The van der Waals surface area contributed by atoms with Crippen molar-refractivity contribution < 1.29 is 19.2 Å². The van der Waals surface area contributed by atoms with Gasteiger partial charge in [0.05, 0.1) is 22.2 Å². The Hall–Kier alpha value is -3.76. The van der Waals surface area contributed by atoms with Crippen LogP contribution in [0.25, 0.3) is 22.4 Å². The molecule has 0 saturated carbocycles. The van der Waals surface area contributed by atoms with E-state index in [0.717, 1.165) is 12.6 Å². The highest BCUT2D eigenvalue weighted by Crippen LogP contribution is 2.40. The lowest BCUT2D eigenvalue weighted by atomic mass is 10.1. The number of halogens is 1. The standard InChI is InChI=1S/C19H19FN6O4/c1-24-14-4-5-15(26(29)30)17(25-8-2-3-11(25)9-22-19(27)28)16(14)23-18(24)12-6-7-21-10-13(12)20/h4-7,10-11,22H,2-3,8-9H2,1H3,(H,27,28)/t11-/m0/s1. The number of hydrogen-bond donors (Lipinski definition) is 2. The molecule has 1 saturated heterocycles. The fraction of sp³-hybridized carbons (Fsp3) is 0.316. The highest BCUT2D eigenvalue weighted by atomic mass is 19.1. The lowest BCUT2D eigenvalue weighted by Gasteiger charge is -2.26. The van der Waals surface area contributed by atoms with Gasteiger partial charge in [-0.1, -0.05) is 0 Å².